The van der Waals surface area contributed by atoms with Gasteiger partial charge in [-0.2, -0.15) is 0 Å². The van der Waals surface area contributed by atoms with Gasteiger partial charge < -0.3 is 5.73 Å². The smallest absolute Gasteiger partial charge is 0.0408 e. The van der Waals surface area contributed by atoms with Crippen LogP contribution >= 0.6 is 24.0 Å². The first kappa shape index (κ1) is 11.8. The molecule has 0 amide bonds. The monoisotopic (exact) mass is 231 g/mol. The molecule has 1 nitrogen and oxygen atoms in total. The molecule has 1 saturated carbocycles. The van der Waals surface area contributed by atoms with Crippen molar-refractivity contribution in [3.8, 4) is 0 Å². The molecule has 0 spiro atoms. The highest BCUT2D eigenvalue weighted by Gasteiger charge is 2.30. The molecule has 1 aliphatic rings. The van der Waals surface area contributed by atoms with Crippen LogP contribution in [0.5, 0.6) is 0 Å². The Kier molecular flexibility index (Phi) is 3.82. The molecular weight excluding hydrogens is 217 g/mol. The maximum absolute atomic E-state index is 6.11. The van der Waals surface area contributed by atoms with Gasteiger partial charge in [0.05, 0.1) is 0 Å². The number of rotatable bonds is 2. The van der Waals surface area contributed by atoms with Gasteiger partial charge in [0.1, 0.15) is 0 Å². The average Bonchev–Trinajstić information content (AvgIpc) is 2.85. The molecule has 0 bridgehead atoms. The summed E-state index contributed by atoms with van der Waals surface area (Å²) in [4.78, 5) is 0. The van der Waals surface area contributed by atoms with Gasteiger partial charge in [-0.05, 0) is 48.9 Å². The zero-order chi connectivity index (χ0) is 9.42. The van der Waals surface area contributed by atoms with Gasteiger partial charge in [0, 0.05) is 11.1 Å². The fourth-order valence-corrected chi connectivity index (χ4v) is 1.95. The molecule has 2 N–H and O–H groups in total. The molecule has 0 aromatic heterocycles. The quantitative estimate of drug-likeness (QED) is 0.829. The van der Waals surface area contributed by atoms with Crippen molar-refractivity contribution in [1.29, 1.82) is 0 Å². The van der Waals surface area contributed by atoms with E-state index < -0.39 is 0 Å². The highest BCUT2D eigenvalue weighted by molar-refractivity contribution is 6.30. The van der Waals surface area contributed by atoms with Gasteiger partial charge in [-0.1, -0.05) is 17.7 Å². The minimum Gasteiger partial charge on any atom is -0.324 e. The topological polar surface area (TPSA) is 26.0 Å². The molecule has 0 heterocycles. The molecule has 1 aliphatic carbocycles. The van der Waals surface area contributed by atoms with Crippen LogP contribution in [-0.4, -0.2) is 0 Å². The van der Waals surface area contributed by atoms with Crippen molar-refractivity contribution < 1.29 is 0 Å². The van der Waals surface area contributed by atoms with E-state index in [4.69, 9.17) is 17.3 Å². The Morgan fingerprint density at radius 1 is 1.43 bits per heavy atom. The van der Waals surface area contributed by atoms with Crippen LogP contribution in [-0.2, 0) is 0 Å². The van der Waals surface area contributed by atoms with Crippen LogP contribution in [0, 0.1) is 12.8 Å². The Morgan fingerprint density at radius 2 is 2.07 bits per heavy atom. The summed E-state index contributed by atoms with van der Waals surface area (Å²) in [6.45, 7) is 2.07. The fraction of sp³-hybridized carbons (Fsp3) is 0.455. The normalized spacial score (nSPS) is 17.4. The Labute approximate surface area is 96.0 Å². The van der Waals surface area contributed by atoms with Crippen molar-refractivity contribution in [1.82, 2.24) is 0 Å². The zero-order valence-corrected chi connectivity index (χ0v) is 9.74. The Balaban J connectivity index is 0.000000980. The summed E-state index contributed by atoms with van der Waals surface area (Å²) >= 11 is 5.88. The van der Waals surface area contributed by atoms with E-state index in [0.29, 0.717) is 5.92 Å². The molecule has 2 rings (SSSR count). The summed E-state index contributed by atoms with van der Waals surface area (Å²) in [5.74, 6) is 0.708. The standard InChI is InChI=1S/C11H14ClN.ClH/c1-7-6-9(12)4-5-10(7)11(13)8-2-3-8;/h4-6,8,11H,2-3,13H2,1H3;1H/t11-;/m0./s1. The molecule has 0 aliphatic heterocycles. The second kappa shape index (κ2) is 4.52. The van der Waals surface area contributed by atoms with E-state index in [2.05, 4.69) is 13.0 Å². The summed E-state index contributed by atoms with van der Waals surface area (Å²) in [6.07, 6.45) is 2.56. The molecule has 0 saturated heterocycles. The van der Waals surface area contributed by atoms with E-state index in [-0.39, 0.29) is 18.4 Å². The Hall–Kier alpha value is -0.240. The van der Waals surface area contributed by atoms with Crippen LogP contribution in [0.4, 0.5) is 0 Å². The van der Waals surface area contributed by atoms with Gasteiger partial charge in [-0.3, -0.25) is 0 Å². The van der Waals surface area contributed by atoms with Gasteiger partial charge in [-0.15, -0.1) is 12.4 Å². The summed E-state index contributed by atoms with van der Waals surface area (Å²) in [6, 6.07) is 6.18. The molecule has 1 atom stereocenters. The zero-order valence-electron chi connectivity index (χ0n) is 8.16. The molecular formula is C11H15Cl2N. The van der Waals surface area contributed by atoms with Gasteiger partial charge in [0.2, 0.25) is 0 Å². The van der Waals surface area contributed by atoms with E-state index in [9.17, 15) is 0 Å². The Bertz CT molecular complexity index is 321. The van der Waals surface area contributed by atoms with Crippen molar-refractivity contribution in [2.24, 2.45) is 11.7 Å². The van der Waals surface area contributed by atoms with Crippen molar-refractivity contribution in [3.05, 3.63) is 34.3 Å². The van der Waals surface area contributed by atoms with E-state index in [0.717, 1.165) is 5.02 Å². The molecule has 1 aromatic carbocycles. The lowest BCUT2D eigenvalue weighted by atomic mass is 9.99. The average molecular weight is 232 g/mol. The predicted molar refractivity (Wildman–Crippen MR) is 63.1 cm³/mol. The van der Waals surface area contributed by atoms with Gasteiger partial charge >= 0.3 is 0 Å². The lowest BCUT2D eigenvalue weighted by Gasteiger charge is -2.13. The fourth-order valence-electron chi connectivity index (χ4n) is 1.72. The SMILES string of the molecule is Cc1cc(Cl)ccc1[C@@H](N)C1CC1.Cl. The van der Waals surface area contributed by atoms with Crippen molar-refractivity contribution >= 4 is 24.0 Å². The third kappa shape index (κ3) is 2.41. The first-order chi connectivity index (χ1) is 6.18. The molecule has 0 radical (unpaired) electrons. The van der Waals surface area contributed by atoms with Crippen molar-refractivity contribution in [3.63, 3.8) is 0 Å². The van der Waals surface area contributed by atoms with E-state index >= 15 is 0 Å². The molecule has 78 valence electrons. The maximum Gasteiger partial charge on any atom is 0.0408 e. The van der Waals surface area contributed by atoms with Gasteiger partial charge in [-0.25, -0.2) is 0 Å². The number of halogens is 2. The maximum atomic E-state index is 6.11. The minimum atomic E-state index is 0. The Morgan fingerprint density at radius 3 is 2.57 bits per heavy atom. The van der Waals surface area contributed by atoms with Gasteiger partial charge in [0.25, 0.3) is 0 Å². The number of aryl methyl sites for hydroxylation is 1. The molecule has 1 fully saturated rings. The third-order valence-corrected chi connectivity index (χ3v) is 2.96. The van der Waals surface area contributed by atoms with E-state index in [1.165, 1.54) is 24.0 Å². The minimum absolute atomic E-state index is 0. The first-order valence-electron chi connectivity index (χ1n) is 4.70. The predicted octanol–water partition coefficient (Wildman–Crippen LogP) is 3.48. The van der Waals surface area contributed by atoms with Gasteiger partial charge in [0.15, 0.2) is 0 Å². The highest BCUT2D eigenvalue weighted by Crippen LogP contribution is 2.40. The molecule has 1 aromatic rings. The summed E-state index contributed by atoms with van der Waals surface area (Å²) < 4.78 is 0. The summed E-state index contributed by atoms with van der Waals surface area (Å²) in [5.41, 5.74) is 8.58. The lowest BCUT2D eigenvalue weighted by molar-refractivity contribution is 0.630. The van der Waals surface area contributed by atoms with Crippen molar-refractivity contribution in [2.45, 2.75) is 25.8 Å². The van der Waals surface area contributed by atoms with Crippen LogP contribution < -0.4 is 5.73 Å². The largest absolute Gasteiger partial charge is 0.324 e. The third-order valence-electron chi connectivity index (χ3n) is 2.72. The molecule has 3 heteroatoms. The first-order valence-corrected chi connectivity index (χ1v) is 5.08. The van der Waals surface area contributed by atoms with Crippen molar-refractivity contribution in [2.75, 3.05) is 0 Å². The van der Waals surface area contributed by atoms with Crippen LogP contribution in [0.25, 0.3) is 0 Å². The van der Waals surface area contributed by atoms with E-state index in [1.807, 2.05) is 12.1 Å². The lowest BCUT2D eigenvalue weighted by Crippen LogP contribution is -2.13. The summed E-state index contributed by atoms with van der Waals surface area (Å²) in [7, 11) is 0. The van der Waals surface area contributed by atoms with E-state index in [1.54, 1.807) is 0 Å². The number of nitrogens with two attached hydrogens (primary N) is 1. The van der Waals surface area contributed by atoms with Crippen LogP contribution in [0.15, 0.2) is 18.2 Å². The molecule has 14 heavy (non-hydrogen) atoms. The number of benzene rings is 1. The summed E-state index contributed by atoms with van der Waals surface area (Å²) in [5, 5.41) is 0.796. The highest BCUT2D eigenvalue weighted by atomic mass is 35.5. The van der Waals surface area contributed by atoms with Crippen LogP contribution in [0.2, 0.25) is 5.02 Å². The number of hydrogen-bond acceptors (Lipinski definition) is 1. The second-order valence-electron chi connectivity index (χ2n) is 3.86. The number of hydrogen-bond donors (Lipinski definition) is 1. The second-order valence-corrected chi connectivity index (χ2v) is 4.30. The van der Waals surface area contributed by atoms with Crippen LogP contribution in [0.3, 0.4) is 0 Å². The molecule has 0 unspecified atom stereocenters. The van der Waals surface area contributed by atoms with Crippen LogP contribution in [0.1, 0.15) is 30.0 Å².